The second-order valence-electron chi connectivity index (χ2n) is 4.91. The van der Waals surface area contributed by atoms with E-state index < -0.39 is 11.7 Å². The summed E-state index contributed by atoms with van der Waals surface area (Å²) in [6.07, 6.45) is -0.0665. The molecule has 1 aliphatic carbocycles. The molecule has 0 spiro atoms. The lowest BCUT2D eigenvalue weighted by Gasteiger charge is -2.05. The number of carbonyl (C=O) groups excluding carboxylic acids is 1. The Bertz CT molecular complexity index is 658. The number of nitrogens with one attached hydrogen (secondary N) is 1. The van der Waals surface area contributed by atoms with Crippen molar-refractivity contribution >= 4 is 11.6 Å². The summed E-state index contributed by atoms with van der Waals surface area (Å²) in [7, 11) is 0. The molecule has 1 N–H and O–H groups in total. The number of carbonyl (C=O) groups is 1. The Morgan fingerprint density at radius 1 is 1.35 bits per heavy atom. The van der Waals surface area contributed by atoms with Gasteiger partial charge in [0.2, 0.25) is 5.91 Å². The molecular formula is C13H12F3N3O. The minimum absolute atomic E-state index is 0.0157. The first-order chi connectivity index (χ1) is 9.43. The molecule has 4 nitrogen and oxygen atoms in total. The fourth-order valence-electron chi connectivity index (χ4n) is 1.96. The molecule has 3 rings (SSSR count). The van der Waals surface area contributed by atoms with E-state index in [-0.39, 0.29) is 18.4 Å². The smallest absolute Gasteiger partial charge is 0.350 e. The zero-order valence-corrected chi connectivity index (χ0v) is 10.4. The molecular weight excluding hydrogens is 271 g/mol. The summed E-state index contributed by atoms with van der Waals surface area (Å²) in [4.78, 5) is 15.7. The Labute approximate surface area is 112 Å². The second-order valence-corrected chi connectivity index (χ2v) is 4.91. The summed E-state index contributed by atoms with van der Waals surface area (Å²) in [5, 5.41) is 2.73. The molecule has 20 heavy (non-hydrogen) atoms. The van der Waals surface area contributed by atoms with Gasteiger partial charge in [0.1, 0.15) is 5.65 Å². The van der Waals surface area contributed by atoms with Gasteiger partial charge in [-0.2, -0.15) is 13.2 Å². The Kier molecular flexibility index (Phi) is 2.92. The molecule has 0 saturated heterocycles. The Morgan fingerprint density at radius 3 is 2.75 bits per heavy atom. The second kappa shape index (κ2) is 4.50. The van der Waals surface area contributed by atoms with E-state index in [1.807, 2.05) is 0 Å². The number of pyridine rings is 1. The van der Waals surface area contributed by atoms with Crippen molar-refractivity contribution < 1.29 is 18.0 Å². The monoisotopic (exact) mass is 283 g/mol. The molecule has 0 aromatic carbocycles. The highest BCUT2D eigenvalue weighted by molar-refractivity contribution is 5.80. The summed E-state index contributed by atoms with van der Waals surface area (Å²) in [6.45, 7) is 0.234. The van der Waals surface area contributed by atoms with E-state index >= 15 is 0 Å². The van der Waals surface area contributed by atoms with Crippen molar-refractivity contribution in [2.24, 2.45) is 5.92 Å². The zero-order valence-electron chi connectivity index (χ0n) is 10.4. The number of halogens is 3. The van der Waals surface area contributed by atoms with E-state index in [9.17, 15) is 18.0 Å². The van der Waals surface area contributed by atoms with Gasteiger partial charge >= 0.3 is 6.18 Å². The summed E-state index contributed by atoms with van der Waals surface area (Å²) in [6, 6.07) is 2.31. The van der Waals surface area contributed by atoms with Crippen molar-refractivity contribution in [1.29, 1.82) is 0 Å². The molecule has 7 heteroatoms. The number of imidazole rings is 1. The van der Waals surface area contributed by atoms with Crippen LogP contribution in [-0.2, 0) is 17.5 Å². The molecule has 2 heterocycles. The van der Waals surface area contributed by atoms with Gasteiger partial charge in [-0.05, 0) is 25.0 Å². The quantitative estimate of drug-likeness (QED) is 0.940. The van der Waals surface area contributed by atoms with Gasteiger partial charge in [0.25, 0.3) is 0 Å². The third kappa shape index (κ3) is 2.61. The molecule has 1 fully saturated rings. The van der Waals surface area contributed by atoms with Crippen molar-refractivity contribution in [3.63, 3.8) is 0 Å². The van der Waals surface area contributed by atoms with Gasteiger partial charge < -0.3 is 9.72 Å². The van der Waals surface area contributed by atoms with Crippen molar-refractivity contribution in [3.05, 3.63) is 35.8 Å². The third-order valence-corrected chi connectivity index (χ3v) is 3.22. The number of rotatable bonds is 3. The minimum atomic E-state index is -4.38. The molecule has 106 valence electrons. The van der Waals surface area contributed by atoms with E-state index in [4.69, 9.17) is 0 Å². The van der Waals surface area contributed by atoms with Gasteiger partial charge in [0, 0.05) is 18.3 Å². The molecule has 1 aliphatic rings. The van der Waals surface area contributed by atoms with E-state index in [0.29, 0.717) is 11.3 Å². The Balaban J connectivity index is 1.77. The van der Waals surface area contributed by atoms with Gasteiger partial charge in [-0.15, -0.1) is 0 Å². The van der Waals surface area contributed by atoms with Crippen LogP contribution < -0.4 is 5.32 Å². The van der Waals surface area contributed by atoms with Crippen LogP contribution in [0.4, 0.5) is 13.2 Å². The van der Waals surface area contributed by atoms with Gasteiger partial charge in [-0.3, -0.25) is 4.79 Å². The number of aromatic nitrogens is 2. The summed E-state index contributed by atoms with van der Waals surface area (Å²) < 4.78 is 39.1. The molecule has 2 aromatic rings. The maximum atomic E-state index is 12.6. The maximum absolute atomic E-state index is 12.6. The summed E-state index contributed by atoms with van der Waals surface area (Å²) in [5.74, 6) is 0.0851. The number of amides is 1. The lowest BCUT2D eigenvalue weighted by atomic mass is 10.3. The van der Waals surface area contributed by atoms with E-state index in [0.717, 1.165) is 25.1 Å². The van der Waals surface area contributed by atoms with Crippen LogP contribution in [0.15, 0.2) is 24.5 Å². The highest BCUT2D eigenvalue weighted by atomic mass is 19.4. The van der Waals surface area contributed by atoms with Gasteiger partial charge in [-0.1, -0.05) is 0 Å². The molecule has 1 amide bonds. The Hall–Kier alpha value is -2.05. The first-order valence-corrected chi connectivity index (χ1v) is 6.26. The van der Waals surface area contributed by atoms with Gasteiger partial charge in [-0.25, -0.2) is 4.98 Å². The Morgan fingerprint density at radius 2 is 2.10 bits per heavy atom. The fourth-order valence-corrected chi connectivity index (χ4v) is 1.96. The SMILES string of the molecule is O=C(NCc1cn2cc(C(F)(F)F)ccc2n1)C1CC1. The zero-order chi connectivity index (χ0) is 14.3. The van der Waals surface area contributed by atoms with Gasteiger partial charge in [0.05, 0.1) is 17.8 Å². The molecule has 0 atom stereocenters. The number of hydrogen-bond acceptors (Lipinski definition) is 2. The predicted octanol–water partition coefficient (Wildman–Crippen LogP) is 2.38. The molecule has 2 aromatic heterocycles. The largest absolute Gasteiger partial charge is 0.417 e. The fraction of sp³-hybridized carbons (Fsp3) is 0.385. The van der Waals surface area contributed by atoms with Gasteiger partial charge in [0.15, 0.2) is 0 Å². The van der Waals surface area contributed by atoms with Crippen LogP contribution in [-0.4, -0.2) is 15.3 Å². The van der Waals surface area contributed by atoms with Crippen LogP contribution in [0.1, 0.15) is 24.1 Å². The lowest BCUT2D eigenvalue weighted by molar-refractivity contribution is -0.137. The van der Waals surface area contributed by atoms with Crippen LogP contribution >= 0.6 is 0 Å². The minimum Gasteiger partial charge on any atom is -0.350 e. The van der Waals surface area contributed by atoms with E-state index in [2.05, 4.69) is 10.3 Å². The van der Waals surface area contributed by atoms with E-state index in [1.54, 1.807) is 0 Å². The van der Waals surface area contributed by atoms with E-state index in [1.165, 1.54) is 16.7 Å². The summed E-state index contributed by atoms with van der Waals surface area (Å²) >= 11 is 0. The van der Waals surface area contributed by atoms with Crippen LogP contribution in [0.25, 0.3) is 5.65 Å². The number of alkyl halides is 3. The number of nitrogens with zero attached hydrogens (tertiary/aromatic N) is 2. The van der Waals surface area contributed by atoms with Crippen LogP contribution in [0.5, 0.6) is 0 Å². The topological polar surface area (TPSA) is 46.4 Å². The first-order valence-electron chi connectivity index (χ1n) is 6.26. The average Bonchev–Trinajstić information content (AvgIpc) is 3.14. The van der Waals surface area contributed by atoms with Crippen molar-refractivity contribution in [1.82, 2.24) is 14.7 Å². The van der Waals surface area contributed by atoms with Crippen LogP contribution in [0.3, 0.4) is 0 Å². The first kappa shape index (κ1) is 13.0. The molecule has 0 radical (unpaired) electrons. The van der Waals surface area contributed by atoms with Crippen molar-refractivity contribution in [2.75, 3.05) is 0 Å². The number of fused-ring (bicyclic) bond motifs is 1. The average molecular weight is 283 g/mol. The molecule has 1 saturated carbocycles. The normalized spacial score (nSPS) is 15.6. The highest BCUT2D eigenvalue weighted by Crippen LogP contribution is 2.30. The van der Waals surface area contributed by atoms with Crippen LogP contribution in [0.2, 0.25) is 0 Å². The predicted molar refractivity (Wildman–Crippen MR) is 64.8 cm³/mol. The molecule has 0 unspecified atom stereocenters. The lowest BCUT2D eigenvalue weighted by Crippen LogP contribution is -2.24. The van der Waals surface area contributed by atoms with Crippen molar-refractivity contribution in [2.45, 2.75) is 25.6 Å². The highest BCUT2D eigenvalue weighted by Gasteiger charge is 2.31. The molecule has 0 aliphatic heterocycles. The summed E-state index contributed by atoms with van der Waals surface area (Å²) in [5.41, 5.74) is 0.239. The third-order valence-electron chi connectivity index (χ3n) is 3.22. The van der Waals surface area contributed by atoms with Crippen molar-refractivity contribution in [3.8, 4) is 0 Å². The van der Waals surface area contributed by atoms with Crippen LogP contribution in [0, 0.1) is 5.92 Å². The maximum Gasteiger partial charge on any atom is 0.417 e. The standard InChI is InChI=1S/C13H12F3N3O/c14-13(15,16)9-3-4-11-18-10(7-19(11)6-9)5-17-12(20)8-1-2-8/h3-4,6-8H,1-2,5H2,(H,17,20). The number of hydrogen-bond donors (Lipinski definition) is 1. The molecule has 0 bridgehead atoms.